The highest BCUT2D eigenvalue weighted by atomic mass is 35.5. The first-order valence-electron chi connectivity index (χ1n) is 7.70. The fraction of sp³-hybridized carbons (Fsp3) is 0.211. The number of carbonyl (C=O) groups excluding carboxylic acids is 1. The molecular weight excluding hydrogens is 324 g/mol. The topological polar surface area (TPSA) is 64.3 Å². The Bertz CT molecular complexity index is 712. The third-order valence-electron chi connectivity index (χ3n) is 3.60. The number of hydrogen-bond donors (Lipinski definition) is 2. The van der Waals surface area contributed by atoms with Crippen molar-refractivity contribution in [2.24, 2.45) is 5.73 Å². The van der Waals surface area contributed by atoms with Crippen LogP contribution in [-0.2, 0) is 17.8 Å². The lowest BCUT2D eigenvalue weighted by Crippen LogP contribution is -2.28. The molecule has 24 heavy (non-hydrogen) atoms. The zero-order valence-corrected chi connectivity index (χ0v) is 14.3. The summed E-state index contributed by atoms with van der Waals surface area (Å²) in [5.41, 5.74) is 8.11. The summed E-state index contributed by atoms with van der Waals surface area (Å²) in [4.78, 5) is 12.0. The lowest BCUT2D eigenvalue weighted by atomic mass is 10.1. The predicted molar refractivity (Wildman–Crippen MR) is 96.9 cm³/mol. The summed E-state index contributed by atoms with van der Waals surface area (Å²) in [5, 5.41) is 3.51. The highest BCUT2D eigenvalue weighted by molar-refractivity contribution is 6.30. The molecule has 0 bridgehead atoms. The highest BCUT2D eigenvalue weighted by Crippen LogP contribution is 2.16. The van der Waals surface area contributed by atoms with Gasteiger partial charge in [-0.15, -0.1) is 0 Å². The molecule has 3 N–H and O–H groups in total. The van der Waals surface area contributed by atoms with Crippen LogP contribution in [0.4, 0.5) is 0 Å². The Morgan fingerprint density at radius 1 is 1.21 bits per heavy atom. The number of benzene rings is 2. The van der Waals surface area contributed by atoms with E-state index in [-0.39, 0.29) is 11.6 Å². The van der Waals surface area contributed by atoms with Crippen LogP contribution in [0.25, 0.3) is 0 Å². The molecule has 0 aliphatic carbocycles. The van der Waals surface area contributed by atoms with Crippen molar-refractivity contribution < 1.29 is 9.53 Å². The van der Waals surface area contributed by atoms with Crippen LogP contribution in [0.1, 0.15) is 17.5 Å². The molecule has 2 rings (SSSR count). The summed E-state index contributed by atoms with van der Waals surface area (Å²) in [6.07, 6.45) is 3.24. The average Bonchev–Trinajstić information content (AvgIpc) is 2.61. The van der Waals surface area contributed by atoms with Gasteiger partial charge in [-0.25, -0.2) is 0 Å². The molecule has 0 heterocycles. The van der Waals surface area contributed by atoms with Crippen LogP contribution in [0.2, 0.25) is 5.02 Å². The van der Waals surface area contributed by atoms with E-state index in [1.165, 1.54) is 0 Å². The van der Waals surface area contributed by atoms with Crippen LogP contribution in [0.15, 0.2) is 60.3 Å². The van der Waals surface area contributed by atoms with Crippen LogP contribution in [-0.4, -0.2) is 13.0 Å². The normalized spacial score (nSPS) is 11.2. The molecule has 5 heteroatoms. The monoisotopic (exact) mass is 344 g/mol. The Balaban J connectivity index is 1.83. The van der Waals surface area contributed by atoms with Crippen molar-refractivity contribution in [2.45, 2.75) is 19.4 Å². The molecule has 2 aromatic carbocycles. The SMILES string of the molecule is COc1ccccc1CNC(=O)C(N)=CCCc1ccc(Cl)cc1. The van der Waals surface area contributed by atoms with Crippen LogP contribution < -0.4 is 15.8 Å². The highest BCUT2D eigenvalue weighted by Gasteiger charge is 2.07. The zero-order chi connectivity index (χ0) is 17.4. The van der Waals surface area contributed by atoms with E-state index in [0.717, 1.165) is 23.3 Å². The fourth-order valence-electron chi connectivity index (χ4n) is 2.26. The maximum absolute atomic E-state index is 12.0. The molecule has 0 saturated carbocycles. The summed E-state index contributed by atoms with van der Waals surface area (Å²) in [5.74, 6) is 0.458. The summed E-state index contributed by atoms with van der Waals surface area (Å²) >= 11 is 5.85. The van der Waals surface area contributed by atoms with Gasteiger partial charge in [-0.3, -0.25) is 4.79 Å². The number of rotatable bonds is 7. The van der Waals surface area contributed by atoms with Crippen molar-refractivity contribution in [3.8, 4) is 5.75 Å². The van der Waals surface area contributed by atoms with Gasteiger partial charge in [0.25, 0.3) is 5.91 Å². The van der Waals surface area contributed by atoms with E-state index < -0.39 is 0 Å². The average molecular weight is 345 g/mol. The molecule has 0 aliphatic heterocycles. The number of carbonyl (C=O) groups is 1. The Morgan fingerprint density at radius 2 is 1.92 bits per heavy atom. The molecule has 0 atom stereocenters. The quantitative estimate of drug-likeness (QED) is 0.756. The number of ether oxygens (including phenoxy) is 1. The largest absolute Gasteiger partial charge is 0.496 e. The van der Waals surface area contributed by atoms with E-state index in [2.05, 4.69) is 5.32 Å². The Kier molecular flexibility index (Phi) is 6.70. The van der Waals surface area contributed by atoms with Gasteiger partial charge in [0.2, 0.25) is 0 Å². The van der Waals surface area contributed by atoms with Crippen molar-refractivity contribution in [1.82, 2.24) is 5.32 Å². The number of para-hydroxylation sites is 1. The number of nitrogens with two attached hydrogens (primary N) is 1. The Hall–Kier alpha value is -2.46. The maximum Gasteiger partial charge on any atom is 0.267 e. The number of hydrogen-bond acceptors (Lipinski definition) is 3. The van der Waals surface area contributed by atoms with E-state index in [9.17, 15) is 4.79 Å². The second kappa shape index (κ2) is 8.99. The molecule has 0 unspecified atom stereocenters. The van der Waals surface area contributed by atoms with E-state index in [0.29, 0.717) is 18.0 Å². The third-order valence-corrected chi connectivity index (χ3v) is 3.86. The van der Waals surface area contributed by atoms with Crippen LogP contribution in [0.3, 0.4) is 0 Å². The van der Waals surface area contributed by atoms with Crippen LogP contribution in [0, 0.1) is 0 Å². The predicted octanol–water partition coefficient (Wildman–Crippen LogP) is 3.44. The van der Waals surface area contributed by atoms with Crippen molar-refractivity contribution in [1.29, 1.82) is 0 Å². The van der Waals surface area contributed by atoms with E-state index in [4.69, 9.17) is 22.1 Å². The third kappa shape index (κ3) is 5.32. The second-order valence-corrected chi connectivity index (χ2v) is 5.76. The minimum atomic E-state index is -0.281. The standard InChI is InChI=1S/C19H21ClN2O2/c1-24-18-8-3-2-6-15(18)13-22-19(23)17(21)7-4-5-14-9-11-16(20)12-10-14/h2-3,6-12H,4-5,13,21H2,1H3,(H,22,23). The second-order valence-electron chi connectivity index (χ2n) is 5.32. The minimum Gasteiger partial charge on any atom is -0.496 e. The molecule has 2 aromatic rings. The van der Waals surface area contributed by atoms with Crippen LogP contribution in [0.5, 0.6) is 5.75 Å². The van der Waals surface area contributed by atoms with Crippen LogP contribution >= 0.6 is 11.6 Å². The molecular formula is C19H21ClN2O2. The number of halogens is 1. The molecule has 1 amide bonds. The van der Waals surface area contributed by atoms with Gasteiger partial charge in [-0.05, 0) is 36.6 Å². The van der Waals surface area contributed by atoms with E-state index in [1.807, 2.05) is 48.5 Å². The number of aryl methyl sites for hydroxylation is 1. The van der Waals surface area contributed by atoms with Gasteiger partial charge in [-0.2, -0.15) is 0 Å². The number of nitrogens with one attached hydrogen (secondary N) is 1. The Morgan fingerprint density at radius 3 is 2.62 bits per heavy atom. The summed E-state index contributed by atoms with van der Waals surface area (Å²) in [7, 11) is 1.60. The smallest absolute Gasteiger partial charge is 0.267 e. The first-order valence-corrected chi connectivity index (χ1v) is 8.08. The molecule has 0 fully saturated rings. The van der Waals surface area contributed by atoms with Gasteiger partial charge in [0.15, 0.2) is 0 Å². The lowest BCUT2D eigenvalue weighted by molar-refractivity contribution is -0.117. The zero-order valence-electron chi connectivity index (χ0n) is 13.6. The Labute approximate surface area is 147 Å². The molecule has 0 aliphatic rings. The molecule has 126 valence electrons. The summed E-state index contributed by atoms with van der Waals surface area (Å²) in [6, 6.07) is 15.2. The van der Waals surface area contributed by atoms with Crippen molar-refractivity contribution in [3.05, 3.63) is 76.5 Å². The first kappa shape index (κ1) is 17.9. The van der Waals surface area contributed by atoms with Gasteiger partial charge in [-0.1, -0.05) is 48.0 Å². The van der Waals surface area contributed by atoms with Gasteiger partial charge in [0.05, 0.1) is 12.8 Å². The molecule has 0 radical (unpaired) electrons. The van der Waals surface area contributed by atoms with Crippen molar-refractivity contribution >= 4 is 17.5 Å². The number of amides is 1. The van der Waals surface area contributed by atoms with E-state index in [1.54, 1.807) is 13.2 Å². The first-order chi connectivity index (χ1) is 11.6. The number of allylic oxidation sites excluding steroid dienone is 1. The van der Waals surface area contributed by atoms with Crippen molar-refractivity contribution in [2.75, 3.05) is 7.11 Å². The fourth-order valence-corrected chi connectivity index (χ4v) is 2.39. The minimum absolute atomic E-state index is 0.221. The van der Waals surface area contributed by atoms with Crippen molar-refractivity contribution in [3.63, 3.8) is 0 Å². The van der Waals surface area contributed by atoms with Gasteiger partial charge < -0.3 is 15.8 Å². The maximum atomic E-state index is 12.0. The molecule has 0 saturated heterocycles. The van der Waals surface area contributed by atoms with E-state index >= 15 is 0 Å². The van der Waals surface area contributed by atoms with Gasteiger partial charge >= 0.3 is 0 Å². The lowest BCUT2D eigenvalue weighted by Gasteiger charge is -2.09. The van der Waals surface area contributed by atoms with Gasteiger partial charge in [0.1, 0.15) is 5.75 Å². The van der Waals surface area contributed by atoms with Gasteiger partial charge in [0, 0.05) is 17.1 Å². The number of methoxy groups -OCH3 is 1. The summed E-state index contributed by atoms with van der Waals surface area (Å²) < 4.78 is 5.25. The molecule has 0 aromatic heterocycles. The molecule has 4 nitrogen and oxygen atoms in total. The summed E-state index contributed by atoms with van der Waals surface area (Å²) in [6.45, 7) is 0.370. The molecule has 0 spiro atoms.